The van der Waals surface area contributed by atoms with E-state index in [-0.39, 0.29) is 18.2 Å². The van der Waals surface area contributed by atoms with Gasteiger partial charge in [-0.25, -0.2) is 0 Å². The number of fused-ring (bicyclic) bond motifs is 1. The number of H-pyrrole nitrogens is 1. The second kappa shape index (κ2) is 9.21. The van der Waals surface area contributed by atoms with Crippen molar-refractivity contribution in [2.75, 3.05) is 13.2 Å². The molecule has 1 amide bonds. The Kier molecular flexibility index (Phi) is 5.94. The van der Waals surface area contributed by atoms with Crippen LogP contribution >= 0.6 is 0 Å². The van der Waals surface area contributed by atoms with Crippen LogP contribution in [0.2, 0.25) is 0 Å². The van der Waals surface area contributed by atoms with Gasteiger partial charge in [-0.05, 0) is 62.7 Å². The minimum Gasteiger partial charge on any atom is -0.507 e. The maximum Gasteiger partial charge on any atom is 0.273 e. The van der Waals surface area contributed by atoms with Crippen LogP contribution in [0, 0.1) is 6.92 Å². The van der Waals surface area contributed by atoms with E-state index in [1.54, 1.807) is 23.3 Å². The highest BCUT2D eigenvalue weighted by atomic mass is 16.5. The molecule has 0 bridgehead atoms. The second-order valence-corrected chi connectivity index (χ2v) is 8.37. The number of hydrogen-bond acceptors (Lipinski definition) is 6. The molecular weight excluding hydrogens is 446 g/mol. The van der Waals surface area contributed by atoms with E-state index in [0.29, 0.717) is 53.0 Å². The van der Waals surface area contributed by atoms with Crippen molar-refractivity contribution < 1.29 is 23.8 Å². The lowest BCUT2D eigenvalue weighted by Gasteiger charge is -2.26. The van der Waals surface area contributed by atoms with E-state index in [0.717, 1.165) is 11.1 Å². The third kappa shape index (κ3) is 4.01. The number of carbonyl (C=O) groups is 1. The van der Waals surface area contributed by atoms with Crippen LogP contribution in [0.3, 0.4) is 0 Å². The number of carbonyl (C=O) groups excluding carboxylic acids is 1. The van der Waals surface area contributed by atoms with Crippen LogP contribution in [0.5, 0.6) is 17.2 Å². The van der Waals surface area contributed by atoms with Crippen molar-refractivity contribution in [3.8, 4) is 28.5 Å². The predicted molar refractivity (Wildman–Crippen MR) is 130 cm³/mol. The average molecular weight is 474 g/mol. The van der Waals surface area contributed by atoms with E-state index in [4.69, 9.17) is 13.9 Å². The third-order valence-corrected chi connectivity index (χ3v) is 6.06. The molecule has 4 aromatic rings. The highest BCUT2D eigenvalue weighted by molar-refractivity contribution is 6.00. The van der Waals surface area contributed by atoms with Crippen molar-refractivity contribution in [3.63, 3.8) is 0 Å². The Balaban J connectivity index is 1.68. The van der Waals surface area contributed by atoms with Gasteiger partial charge in [0, 0.05) is 11.1 Å². The number of aromatic nitrogens is 2. The number of rotatable bonds is 8. The molecule has 0 spiro atoms. The smallest absolute Gasteiger partial charge is 0.273 e. The Labute approximate surface area is 203 Å². The van der Waals surface area contributed by atoms with Gasteiger partial charge in [-0.1, -0.05) is 17.7 Å². The minimum absolute atomic E-state index is 0.0993. The van der Waals surface area contributed by atoms with Gasteiger partial charge in [0.05, 0.1) is 32.1 Å². The molecule has 3 heterocycles. The molecule has 35 heavy (non-hydrogen) atoms. The fourth-order valence-electron chi connectivity index (χ4n) is 4.56. The Morgan fingerprint density at radius 2 is 1.89 bits per heavy atom. The standard InChI is InChI=1S/C27H27N3O5/c1-4-33-21-11-9-17(14-22(21)34-5-2)26-23-24(19-13-16(3)8-10-20(19)31)28-29-25(23)27(32)30(26)15-18-7-6-12-35-18/h6-14,26,31H,4-5,15H2,1-3H3,(H,28,29)/t26-/m0/s1. The number of aromatic hydroxyl groups is 1. The number of hydrogen-bond donors (Lipinski definition) is 2. The van der Waals surface area contributed by atoms with Crippen LogP contribution in [-0.4, -0.2) is 39.3 Å². The zero-order chi connectivity index (χ0) is 24.5. The highest BCUT2D eigenvalue weighted by Crippen LogP contribution is 2.46. The van der Waals surface area contributed by atoms with Gasteiger partial charge >= 0.3 is 0 Å². The molecular formula is C27H27N3O5. The lowest BCUT2D eigenvalue weighted by molar-refractivity contribution is 0.0716. The molecule has 0 radical (unpaired) electrons. The van der Waals surface area contributed by atoms with Crippen molar-refractivity contribution in [2.45, 2.75) is 33.4 Å². The lowest BCUT2D eigenvalue weighted by Crippen LogP contribution is -2.29. The Hall–Kier alpha value is -4.20. The molecule has 2 aromatic carbocycles. The molecule has 0 saturated heterocycles. The molecule has 2 aromatic heterocycles. The lowest BCUT2D eigenvalue weighted by atomic mass is 9.94. The third-order valence-electron chi connectivity index (χ3n) is 6.06. The van der Waals surface area contributed by atoms with Crippen LogP contribution in [0.25, 0.3) is 11.3 Å². The fraction of sp³-hybridized carbons (Fsp3) is 0.259. The zero-order valence-electron chi connectivity index (χ0n) is 19.9. The summed E-state index contributed by atoms with van der Waals surface area (Å²) >= 11 is 0. The van der Waals surface area contributed by atoms with Crippen LogP contribution in [-0.2, 0) is 6.54 Å². The maximum atomic E-state index is 13.6. The summed E-state index contributed by atoms with van der Waals surface area (Å²) in [5.74, 6) is 1.82. The average Bonchev–Trinajstić information content (AvgIpc) is 3.57. The SMILES string of the molecule is CCOc1ccc([C@H]2c3c(-c4cc(C)ccc4O)n[nH]c3C(=O)N2Cc2ccco2)cc1OCC. The molecule has 0 fully saturated rings. The number of aryl methyl sites for hydroxylation is 1. The molecule has 180 valence electrons. The van der Waals surface area contributed by atoms with Crippen molar-refractivity contribution in [1.82, 2.24) is 15.1 Å². The van der Waals surface area contributed by atoms with Gasteiger partial charge in [0.2, 0.25) is 0 Å². The fourth-order valence-corrected chi connectivity index (χ4v) is 4.56. The molecule has 8 heteroatoms. The second-order valence-electron chi connectivity index (χ2n) is 8.37. The van der Waals surface area contributed by atoms with Crippen LogP contribution in [0.15, 0.2) is 59.2 Å². The molecule has 0 unspecified atom stereocenters. The number of phenolic OH excluding ortho intramolecular Hbond substituents is 1. The topological polar surface area (TPSA) is 101 Å². The molecule has 1 atom stereocenters. The van der Waals surface area contributed by atoms with Crippen LogP contribution < -0.4 is 9.47 Å². The Bertz CT molecular complexity index is 1360. The monoisotopic (exact) mass is 473 g/mol. The molecule has 0 saturated carbocycles. The number of nitrogens with zero attached hydrogens (tertiary/aromatic N) is 2. The molecule has 0 aliphatic carbocycles. The van der Waals surface area contributed by atoms with Gasteiger partial charge in [0.15, 0.2) is 11.5 Å². The minimum atomic E-state index is -0.480. The van der Waals surface area contributed by atoms with Crippen LogP contribution in [0.4, 0.5) is 0 Å². The van der Waals surface area contributed by atoms with Crippen molar-refractivity contribution >= 4 is 5.91 Å². The Morgan fingerprint density at radius 3 is 2.63 bits per heavy atom. The summed E-state index contributed by atoms with van der Waals surface area (Å²) in [7, 11) is 0. The Morgan fingerprint density at radius 1 is 1.09 bits per heavy atom. The summed E-state index contributed by atoms with van der Waals surface area (Å²) in [6.45, 7) is 7.04. The number of amides is 1. The number of aromatic amines is 1. The molecule has 1 aliphatic rings. The number of benzene rings is 2. The first-order chi connectivity index (χ1) is 17.0. The zero-order valence-corrected chi connectivity index (χ0v) is 19.9. The van der Waals surface area contributed by atoms with E-state index in [1.165, 1.54) is 0 Å². The number of ether oxygens (including phenoxy) is 2. The molecule has 5 rings (SSSR count). The van der Waals surface area contributed by atoms with Gasteiger partial charge in [0.25, 0.3) is 5.91 Å². The highest BCUT2D eigenvalue weighted by Gasteiger charge is 2.43. The summed E-state index contributed by atoms with van der Waals surface area (Å²) in [6, 6.07) is 14.2. The van der Waals surface area contributed by atoms with E-state index in [2.05, 4.69) is 10.2 Å². The molecule has 1 aliphatic heterocycles. The van der Waals surface area contributed by atoms with Gasteiger partial charge in [-0.3, -0.25) is 9.89 Å². The van der Waals surface area contributed by atoms with Crippen molar-refractivity contribution in [1.29, 1.82) is 0 Å². The summed E-state index contributed by atoms with van der Waals surface area (Å²) < 4.78 is 17.2. The van der Waals surface area contributed by atoms with E-state index < -0.39 is 6.04 Å². The maximum absolute atomic E-state index is 13.6. The van der Waals surface area contributed by atoms with Crippen molar-refractivity contribution in [2.24, 2.45) is 0 Å². The van der Waals surface area contributed by atoms with Crippen LogP contribution in [0.1, 0.15) is 52.8 Å². The van der Waals surface area contributed by atoms with Gasteiger partial charge in [-0.2, -0.15) is 5.10 Å². The van der Waals surface area contributed by atoms with Gasteiger partial charge < -0.3 is 23.9 Å². The summed E-state index contributed by atoms with van der Waals surface area (Å²) in [5.41, 5.74) is 4.01. The summed E-state index contributed by atoms with van der Waals surface area (Å²) in [5, 5.41) is 18.0. The van der Waals surface area contributed by atoms with E-state index in [9.17, 15) is 9.90 Å². The first-order valence-electron chi connectivity index (χ1n) is 11.6. The predicted octanol–water partition coefficient (Wildman–Crippen LogP) is 5.23. The van der Waals surface area contributed by atoms with Gasteiger partial charge in [-0.15, -0.1) is 0 Å². The van der Waals surface area contributed by atoms with Crippen molar-refractivity contribution in [3.05, 3.63) is 82.9 Å². The van der Waals surface area contributed by atoms with E-state index in [1.807, 2.05) is 57.2 Å². The normalized spacial score (nSPS) is 14.9. The number of nitrogens with one attached hydrogen (secondary N) is 1. The number of phenols is 1. The largest absolute Gasteiger partial charge is 0.507 e. The molecule has 2 N–H and O–H groups in total. The number of furan rings is 1. The first-order valence-corrected chi connectivity index (χ1v) is 11.6. The van der Waals surface area contributed by atoms with Gasteiger partial charge in [0.1, 0.15) is 22.9 Å². The summed E-state index contributed by atoms with van der Waals surface area (Å²) in [4.78, 5) is 15.3. The van der Waals surface area contributed by atoms with E-state index >= 15 is 0 Å². The first kappa shape index (κ1) is 22.6. The summed E-state index contributed by atoms with van der Waals surface area (Å²) in [6.07, 6.45) is 1.59. The molecule has 8 nitrogen and oxygen atoms in total. The quantitative estimate of drug-likeness (QED) is 0.364.